The predicted octanol–water partition coefficient (Wildman–Crippen LogP) is 4.24. The summed E-state index contributed by atoms with van der Waals surface area (Å²) in [5.74, 6) is 1.00. The molecule has 1 aliphatic heterocycles. The molecule has 1 aliphatic carbocycles. The molecule has 148 valence electrons. The number of anilines is 1. The molecule has 1 saturated carbocycles. The number of rotatable bonds is 5. The molecule has 0 atom stereocenters. The number of hydrogen-bond donors (Lipinski definition) is 3. The Hall–Kier alpha value is -2.08. The molecule has 2 aromatic rings. The number of amidine groups is 1. The lowest BCUT2D eigenvalue weighted by molar-refractivity contribution is 0.0265. The minimum atomic E-state index is -0.185. The summed E-state index contributed by atoms with van der Waals surface area (Å²) in [6.07, 6.45) is 4.21. The van der Waals surface area contributed by atoms with Crippen molar-refractivity contribution >= 4 is 28.8 Å². The monoisotopic (exact) mass is 398 g/mol. The molecule has 6 heteroatoms. The van der Waals surface area contributed by atoms with E-state index in [9.17, 15) is 0 Å². The highest BCUT2D eigenvalue weighted by Gasteiger charge is 2.42. The van der Waals surface area contributed by atoms with Crippen molar-refractivity contribution < 1.29 is 4.74 Å². The van der Waals surface area contributed by atoms with E-state index in [4.69, 9.17) is 27.1 Å². The number of para-hydroxylation sites is 2. The third kappa shape index (κ3) is 4.17. The van der Waals surface area contributed by atoms with Gasteiger partial charge in [0.2, 0.25) is 0 Å². The second-order valence-electron chi connectivity index (χ2n) is 7.53. The van der Waals surface area contributed by atoms with Gasteiger partial charge in [-0.25, -0.2) is 4.99 Å². The number of fused-ring (bicyclic) bond motifs is 1. The Morgan fingerprint density at radius 2 is 2.00 bits per heavy atom. The van der Waals surface area contributed by atoms with Crippen molar-refractivity contribution in [3.63, 3.8) is 0 Å². The zero-order valence-electron chi connectivity index (χ0n) is 16.0. The first-order chi connectivity index (χ1) is 13.7. The number of nitrogens with one attached hydrogen (secondary N) is 2. The Kier molecular flexibility index (Phi) is 5.85. The fourth-order valence-electron chi connectivity index (χ4n) is 4.11. The van der Waals surface area contributed by atoms with Crippen molar-refractivity contribution in [3.05, 3.63) is 59.1 Å². The van der Waals surface area contributed by atoms with Crippen molar-refractivity contribution in [2.45, 2.75) is 43.9 Å². The number of aliphatic imine (C=N–C) groups is 1. The van der Waals surface area contributed by atoms with Gasteiger partial charge in [-0.15, -0.1) is 0 Å². The first-order valence-electron chi connectivity index (χ1n) is 9.95. The summed E-state index contributed by atoms with van der Waals surface area (Å²) in [6, 6.07) is 16.2. The number of nitrogens with two attached hydrogens (primary N) is 1. The summed E-state index contributed by atoms with van der Waals surface area (Å²) >= 11 is 6.14. The molecular weight excluding hydrogens is 372 g/mol. The summed E-state index contributed by atoms with van der Waals surface area (Å²) in [6.45, 7) is 1.89. The van der Waals surface area contributed by atoms with E-state index < -0.39 is 0 Å². The van der Waals surface area contributed by atoms with Gasteiger partial charge < -0.3 is 21.1 Å². The molecule has 1 spiro atoms. The molecule has 2 aliphatic rings. The predicted molar refractivity (Wildman–Crippen MR) is 115 cm³/mol. The maximum absolute atomic E-state index is 6.14. The Morgan fingerprint density at radius 1 is 1.18 bits per heavy atom. The molecule has 0 aromatic heterocycles. The van der Waals surface area contributed by atoms with E-state index in [0.717, 1.165) is 53.5 Å². The summed E-state index contributed by atoms with van der Waals surface area (Å²) in [7, 11) is 0. The molecule has 0 unspecified atom stereocenters. The highest BCUT2D eigenvalue weighted by atomic mass is 35.5. The van der Waals surface area contributed by atoms with Crippen LogP contribution in [0.1, 0.15) is 31.2 Å². The van der Waals surface area contributed by atoms with Gasteiger partial charge in [0.1, 0.15) is 5.84 Å². The summed E-state index contributed by atoms with van der Waals surface area (Å²) in [4.78, 5) is 5.00. The van der Waals surface area contributed by atoms with Crippen LogP contribution in [0.25, 0.3) is 0 Å². The average Bonchev–Trinajstić information content (AvgIpc) is 2.72. The molecule has 1 heterocycles. The molecule has 0 bridgehead atoms. The third-order valence-corrected chi connectivity index (χ3v) is 5.81. The van der Waals surface area contributed by atoms with E-state index in [1.807, 2.05) is 30.3 Å². The Bertz CT molecular complexity index is 846. The highest BCUT2D eigenvalue weighted by molar-refractivity contribution is 6.30. The zero-order valence-corrected chi connectivity index (χ0v) is 16.7. The van der Waals surface area contributed by atoms with Crippen LogP contribution in [0.2, 0.25) is 5.02 Å². The van der Waals surface area contributed by atoms with Crippen LogP contribution in [0.5, 0.6) is 0 Å². The number of hydrogen-bond acceptors (Lipinski definition) is 5. The molecular formula is C22H27ClN4O. The van der Waals surface area contributed by atoms with Crippen LogP contribution >= 0.6 is 11.6 Å². The topological polar surface area (TPSA) is 71.7 Å². The van der Waals surface area contributed by atoms with Crippen molar-refractivity contribution in [2.24, 2.45) is 10.7 Å². The summed E-state index contributed by atoms with van der Waals surface area (Å²) < 4.78 is 5.89. The minimum absolute atomic E-state index is 0.185. The lowest BCUT2D eigenvalue weighted by Gasteiger charge is -2.44. The van der Waals surface area contributed by atoms with Gasteiger partial charge in [0.15, 0.2) is 0 Å². The average molecular weight is 399 g/mol. The largest absolute Gasteiger partial charge is 0.377 e. The van der Waals surface area contributed by atoms with Gasteiger partial charge in [0.25, 0.3) is 0 Å². The van der Waals surface area contributed by atoms with Crippen molar-refractivity contribution in [3.8, 4) is 0 Å². The fraction of sp³-hybridized carbons (Fsp3) is 0.409. The Morgan fingerprint density at radius 3 is 2.79 bits per heavy atom. The third-order valence-electron chi connectivity index (χ3n) is 5.57. The molecule has 4 rings (SSSR count). The normalized spacial score (nSPS) is 23.6. The lowest BCUT2D eigenvalue weighted by Crippen LogP contribution is -2.56. The molecule has 1 fully saturated rings. The number of nitrogens with zero attached hydrogens (tertiary/aromatic N) is 1. The molecule has 4 N–H and O–H groups in total. The molecule has 0 radical (unpaired) electrons. The van der Waals surface area contributed by atoms with Crippen LogP contribution < -0.4 is 16.4 Å². The van der Waals surface area contributed by atoms with E-state index in [-0.39, 0.29) is 11.6 Å². The quantitative estimate of drug-likeness (QED) is 0.704. The van der Waals surface area contributed by atoms with Crippen LogP contribution in [0.3, 0.4) is 0 Å². The van der Waals surface area contributed by atoms with Gasteiger partial charge in [0, 0.05) is 18.1 Å². The SMILES string of the molecule is NCCOC1CCC2(CC1)Nc1ccccc1N=C2NCc1cccc(Cl)c1. The number of ether oxygens (including phenoxy) is 1. The van der Waals surface area contributed by atoms with Crippen LogP contribution in [-0.2, 0) is 11.3 Å². The van der Waals surface area contributed by atoms with Crippen molar-refractivity contribution in [1.82, 2.24) is 5.32 Å². The lowest BCUT2D eigenvalue weighted by atomic mass is 9.78. The second-order valence-corrected chi connectivity index (χ2v) is 7.96. The smallest absolute Gasteiger partial charge is 0.128 e. The number of benzene rings is 2. The highest BCUT2D eigenvalue weighted by Crippen LogP contribution is 2.40. The molecule has 28 heavy (non-hydrogen) atoms. The van der Waals surface area contributed by atoms with Crippen LogP contribution in [0, 0.1) is 0 Å². The summed E-state index contributed by atoms with van der Waals surface area (Å²) in [5, 5.41) is 8.13. The van der Waals surface area contributed by atoms with E-state index in [1.165, 1.54) is 0 Å². The maximum atomic E-state index is 6.14. The van der Waals surface area contributed by atoms with E-state index in [2.05, 4.69) is 28.8 Å². The van der Waals surface area contributed by atoms with Crippen LogP contribution in [0.15, 0.2) is 53.5 Å². The van der Waals surface area contributed by atoms with Gasteiger partial charge in [-0.05, 0) is 55.5 Å². The first-order valence-corrected chi connectivity index (χ1v) is 10.3. The van der Waals surface area contributed by atoms with Gasteiger partial charge in [0.05, 0.1) is 29.6 Å². The maximum Gasteiger partial charge on any atom is 0.128 e. The van der Waals surface area contributed by atoms with Gasteiger partial charge in [-0.2, -0.15) is 0 Å². The zero-order chi connectivity index (χ0) is 19.4. The van der Waals surface area contributed by atoms with Gasteiger partial charge in [-0.3, -0.25) is 0 Å². The molecule has 0 amide bonds. The van der Waals surface area contributed by atoms with Crippen LogP contribution in [-0.4, -0.2) is 30.6 Å². The first kappa shape index (κ1) is 19.2. The molecule has 2 aromatic carbocycles. The van der Waals surface area contributed by atoms with Crippen molar-refractivity contribution in [1.29, 1.82) is 0 Å². The fourth-order valence-corrected chi connectivity index (χ4v) is 4.32. The minimum Gasteiger partial charge on any atom is -0.377 e. The summed E-state index contributed by atoms with van der Waals surface area (Å²) in [5.41, 5.74) is 8.61. The Balaban J connectivity index is 1.54. The van der Waals surface area contributed by atoms with Gasteiger partial charge in [-0.1, -0.05) is 35.9 Å². The van der Waals surface area contributed by atoms with E-state index >= 15 is 0 Å². The standard InChI is InChI=1S/C22H27ClN4O/c23-17-5-3-4-16(14-17)15-25-21-22(10-8-18(9-11-22)28-13-12-24)27-20-7-2-1-6-19(20)26-21/h1-7,14,18,27H,8-13,15,24H2,(H,25,26). The van der Waals surface area contributed by atoms with Crippen LogP contribution in [0.4, 0.5) is 11.4 Å². The molecule has 0 saturated heterocycles. The van der Waals surface area contributed by atoms with Gasteiger partial charge >= 0.3 is 0 Å². The number of halogens is 1. The Labute approximate surface area is 171 Å². The molecule has 5 nitrogen and oxygen atoms in total. The second kappa shape index (κ2) is 8.52. The van der Waals surface area contributed by atoms with E-state index in [0.29, 0.717) is 19.7 Å². The van der Waals surface area contributed by atoms with Crippen molar-refractivity contribution in [2.75, 3.05) is 18.5 Å². The van der Waals surface area contributed by atoms with E-state index in [1.54, 1.807) is 0 Å².